The minimum atomic E-state index is -0.683. The number of methoxy groups -OCH3 is 1. The van der Waals surface area contributed by atoms with Gasteiger partial charge in [-0.15, -0.1) is 0 Å². The zero-order valence-corrected chi connectivity index (χ0v) is 17.1. The number of amides is 4. The fourth-order valence-corrected chi connectivity index (χ4v) is 3.37. The number of urea groups is 1. The molecule has 7 nitrogen and oxygen atoms in total. The fraction of sp³-hybridized carbons (Fsp3) is 0.250. The van der Waals surface area contributed by atoms with Gasteiger partial charge in [0.15, 0.2) is 0 Å². The minimum absolute atomic E-state index is 0.109. The van der Waals surface area contributed by atoms with Crippen LogP contribution in [0.1, 0.15) is 5.56 Å². The molecule has 0 radical (unpaired) electrons. The number of halogens is 2. The lowest BCUT2D eigenvalue weighted by Crippen LogP contribution is -2.44. The van der Waals surface area contributed by atoms with Gasteiger partial charge in [-0.25, -0.2) is 4.79 Å². The van der Waals surface area contributed by atoms with E-state index >= 15 is 0 Å². The summed E-state index contributed by atoms with van der Waals surface area (Å²) in [5.41, 5.74) is 1.18. The highest BCUT2D eigenvalue weighted by Crippen LogP contribution is 2.26. The molecule has 1 unspecified atom stereocenters. The third-order valence-electron chi connectivity index (χ3n) is 4.51. The smallest absolute Gasteiger partial charge is 0.329 e. The summed E-state index contributed by atoms with van der Waals surface area (Å²) >= 11 is 11.9. The molecule has 1 fully saturated rings. The van der Waals surface area contributed by atoms with Gasteiger partial charge in [-0.2, -0.15) is 0 Å². The first-order valence-electron chi connectivity index (χ1n) is 8.84. The summed E-state index contributed by atoms with van der Waals surface area (Å²) < 4.78 is 5.33. The first-order chi connectivity index (χ1) is 13.9. The highest BCUT2D eigenvalue weighted by atomic mass is 35.5. The van der Waals surface area contributed by atoms with Crippen molar-refractivity contribution in [3.63, 3.8) is 0 Å². The molecule has 2 N–H and O–H groups in total. The molecule has 1 atom stereocenters. The lowest BCUT2D eigenvalue weighted by atomic mass is 9.97. The van der Waals surface area contributed by atoms with Crippen LogP contribution in [0.2, 0.25) is 10.0 Å². The van der Waals surface area contributed by atoms with Crippen molar-refractivity contribution in [2.24, 2.45) is 5.92 Å². The van der Waals surface area contributed by atoms with E-state index < -0.39 is 23.8 Å². The van der Waals surface area contributed by atoms with Gasteiger partial charge in [-0.3, -0.25) is 14.5 Å². The summed E-state index contributed by atoms with van der Waals surface area (Å²) in [6, 6.07) is 10.9. The number of nitrogens with one attached hydrogen (secondary N) is 2. The van der Waals surface area contributed by atoms with Gasteiger partial charge in [-0.05, 0) is 54.4 Å². The van der Waals surface area contributed by atoms with Crippen molar-refractivity contribution in [1.82, 2.24) is 10.2 Å². The Labute approximate surface area is 177 Å². The van der Waals surface area contributed by atoms with Crippen molar-refractivity contribution in [1.29, 1.82) is 0 Å². The van der Waals surface area contributed by atoms with E-state index in [-0.39, 0.29) is 19.5 Å². The molecule has 3 rings (SSSR count). The van der Waals surface area contributed by atoms with Crippen molar-refractivity contribution in [3.05, 3.63) is 58.1 Å². The molecule has 4 amide bonds. The maximum atomic E-state index is 13.0. The molecular formula is C20H19Cl2N3O4. The molecule has 0 spiro atoms. The topological polar surface area (TPSA) is 87.7 Å². The van der Waals surface area contributed by atoms with Crippen LogP contribution in [0, 0.1) is 5.92 Å². The molecule has 0 saturated carbocycles. The maximum Gasteiger partial charge on any atom is 0.329 e. The van der Waals surface area contributed by atoms with E-state index in [1.165, 1.54) is 7.11 Å². The molecule has 2 aromatic carbocycles. The van der Waals surface area contributed by atoms with Crippen molar-refractivity contribution < 1.29 is 19.1 Å². The van der Waals surface area contributed by atoms with Crippen LogP contribution in [-0.4, -0.2) is 42.9 Å². The predicted molar refractivity (Wildman–Crippen MR) is 110 cm³/mol. The van der Waals surface area contributed by atoms with Crippen LogP contribution in [0.3, 0.4) is 0 Å². The molecule has 1 aliphatic heterocycles. The summed E-state index contributed by atoms with van der Waals surface area (Å²) in [5.74, 6) is -0.943. The van der Waals surface area contributed by atoms with Crippen LogP contribution < -0.4 is 15.4 Å². The van der Waals surface area contributed by atoms with E-state index in [2.05, 4.69) is 10.6 Å². The number of hydrogen-bond donors (Lipinski definition) is 2. The average molecular weight is 436 g/mol. The highest BCUT2D eigenvalue weighted by Gasteiger charge is 2.34. The monoisotopic (exact) mass is 435 g/mol. The molecule has 29 heavy (non-hydrogen) atoms. The summed E-state index contributed by atoms with van der Waals surface area (Å²) in [6.07, 6.45) is 0.258. The summed E-state index contributed by atoms with van der Waals surface area (Å²) in [7, 11) is 1.52. The third kappa shape index (κ3) is 5.19. The Morgan fingerprint density at radius 3 is 2.55 bits per heavy atom. The number of rotatable bonds is 4. The van der Waals surface area contributed by atoms with Crippen molar-refractivity contribution >= 4 is 46.7 Å². The Hall–Kier alpha value is -2.77. The average Bonchev–Trinajstić information content (AvgIpc) is 2.83. The van der Waals surface area contributed by atoms with Crippen LogP contribution in [0.15, 0.2) is 42.5 Å². The van der Waals surface area contributed by atoms with Crippen molar-refractivity contribution in [2.75, 3.05) is 25.5 Å². The third-order valence-corrected chi connectivity index (χ3v) is 5.00. The highest BCUT2D eigenvalue weighted by molar-refractivity contribution is 6.31. The van der Waals surface area contributed by atoms with Gasteiger partial charge in [0.05, 0.1) is 13.0 Å². The number of anilines is 1. The second kappa shape index (κ2) is 9.15. The summed E-state index contributed by atoms with van der Waals surface area (Å²) in [5, 5.41) is 6.32. The van der Waals surface area contributed by atoms with Crippen LogP contribution in [-0.2, 0) is 16.0 Å². The Balaban J connectivity index is 1.80. The van der Waals surface area contributed by atoms with Crippen LogP contribution >= 0.6 is 23.2 Å². The number of hydrogen-bond acceptors (Lipinski definition) is 4. The number of nitrogens with zero attached hydrogens (tertiary/aromatic N) is 1. The summed E-state index contributed by atoms with van der Waals surface area (Å²) in [4.78, 5) is 38.7. The van der Waals surface area contributed by atoms with Gasteiger partial charge in [0.25, 0.3) is 0 Å². The number of carbonyl (C=O) groups is 3. The predicted octanol–water partition coefficient (Wildman–Crippen LogP) is 3.35. The molecule has 152 valence electrons. The number of ether oxygens (including phenoxy) is 1. The maximum absolute atomic E-state index is 13.0. The minimum Gasteiger partial charge on any atom is -0.496 e. The Kier molecular flexibility index (Phi) is 6.61. The molecule has 2 aromatic rings. The lowest BCUT2D eigenvalue weighted by Gasteiger charge is -2.22. The zero-order valence-electron chi connectivity index (χ0n) is 15.6. The molecule has 1 heterocycles. The quantitative estimate of drug-likeness (QED) is 0.770. The van der Waals surface area contributed by atoms with Crippen molar-refractivity contribution in [2.45, 2.75) is 6.42 Å². The summed E-state index contributed by atoms with van der Waals surface area (Å²) in [6.45, 7) is -0.250. The van der Waals surface area contributed by atoms with Gasteiger partial charge < -0.3 is 15.4 Å². The van der Waals surface area contributed by atoms with Gasteiger partial charge in [0.1, 0.15) is 12.3 Å². The largest absolute Gasteiger partial charge is 0.496 e. The Morgan fingerprint density at radius 2 is 1.86 bits per heavy atom. The van der Waals surface area contributed by atoms with Crippen LogP contribution in [0.5, 0.6) is 5.75 Å². The number of imide groups is 1. The molecule has 1 aliphatic rings. The second-order valence-corrected chi connectivity index (χ2v) is 7.40. The Morgan fingerprint density at radius 1 is 1.17 bits per heavy atom. The van der Waals surface area contributed by atoms with Gasteiger partial charge in [-0.1, -0.05) is 23.2 Å². The van der Waals surface area contributed by atoms with Gasteiger partial charge in [0, 0.05) is 22.3 Å². The molecule has 1 saturated heterocycles. The SMILES string of the molecule is COc1ccc(Cl)cc1CC1CNC(=O)CN(C(=O)Nc2ccc(Cl)cc2)C1=O. The van der Waals surface area contributed by atoms with E-state index in [9.17, 15) is 14.4 Å². The fourth-order valence-electron chi connectivity index (χ4n) is 3.05. The molecule has 9 heteroatoms. The van der Waals surface area contributed by atoms with Crippen molar-refractivity contribution in [3.8, 4) is 5.75 Å². The molecular weight excluding hydrogens is 417 g/mol. The van der Waals surface area contributed by atoms with Crippen LogP contribution in [0.4, 0.5) is 10.5 Å². The van der Waals surface area contributed by atoms with Gasteiger partial charge >= 0.3 is 6.03 Å². The first kappa shape index (κ1) is 21.0. The molecule has 0 aromatic heterocycles. The first-order valence-corrected chi connectivity index (χ1v) is 9.60. The molecule has 0 bridgehead atoms. The van der Waals surface area contributed by atoms with Crippen LogP contribution in [0.25, 0.3) is 0 Å². The van der Waals surface area contributed by atoms with E-state index in [0.29, 0.717) is 27.0 Å². The Bertz CT molecular complexity index is 934. The van der Waals surface area contributed by atoms with Gasteiger partial charge in [0.2, 0.25) is 11.8 Å². The zero-order chi connectivity index (χ0) is 21.0. The molecule has 0 aliphatic carbocycles. The number of carbonyl (C=O) groups excluding carboxylic acids is 3. The number of benzene rings is 2. The van der Waals surface area contributed by atoms with E-state index in [4.69, 9.17) is 27.9 Å². The van der Waals surface area contributed by atoms with E-state index in [1.54, 1.807) is 42.5 Å². The normalized spacial score (nSPS) is 16.8. The lowest BCUT2D eigenvalue weighted by molar-refractivity contribution is -0.133. The van der Waals surface area contributed by atoms with E-state index in [0.717, 1.165) is 4.90 Å². The standard InChI is InChI=1S/C20H19Cl2N3O4/c1-29-17-7-4-15(22)9-12(17)8-13-10-23-18(26)11-25(19(13)27)20(28)24-16-5-2-14(21)3-6-16/h2-7,9,13H,8,10-11H2,1H3,(H,23,26)(H,24,28). The van der Waals surface area contributed by atoms with E-state index in [1.807, 2.05) is 0 Å². The second-order valence-electron chi connectivity index (χ2n) is 6.52.